The van der Waals surface area contributed by atoms with Gasteiger partial charge in [0.2, 0.25) is 0 Å². The van der Waals surface area contributed by atoms with Crippen LogP contribution < -0.4 is 5.73 Å². The topological polar surface area (TPSA) is 89.4 Å². The Morgan fingerprint density at radius 3 is 3.00 bits per heavy atom. The molecule has 0 radical (unpaired) electrons. The number of hydrogen-bond acceptors (Lipinski definition) is 6. The summed E-state index contributed by atoms with van der Waals surface area (Å²) in [5.41, 5.74) is 6.59. The minimum atomic E-state index is -0.989. The number of hydrogen-bond donors (Lipinski definition) is 2. The van der Waals surface area contributed by atoms with Crippen LogP contribution in [0.15, 0.2) is 28.2 Å². The predicted octanol–water partition coefficient (Wildman–Crippen LogP) is 2.83. The second-order valence-corrected chi connectivity index (χ2v) is 7.32. The highest BCUT2D eigenvalue weighted by Crippen LogP contribution is 2.32. The molecule has 20 heavy (non-hydrogen) atoms. The van der Waals surface area contributed by atoms with Gasteiger partial charge in [0.15, 0.2) is 10.8 Å². The van der Waals surface area contributed by atoms with Crippen molar-refractivity contribution in [1.82, 2.24) is 4.98 Å². The molecular weight excluding hydrogens is 296 g/mol. The number of carboxylic acids is 1. The summed E-state index contributed by atoms with van der Waals surface area (Å²) in [6.45, 7) is 3.66. The second-order valence-electron chi connectivity index (χ2n) is 4.83. The summed E-state index contributed by atoms with van der Waals surface area (Å²) in [7, 11) is 0. The molecule has 0 amide bonds. The maximum atomic E-state index is 11.0. The van der Waals surface area contributed by atoms with E-state index < -0.39 is 16.8 Å². The number of carboxylic acid groups (broad SMARTS) is 1. The molecule has 2 aromatic heterocycles. The monoisotopic (exact) mass is 312 g/mol. The van der Waals surface area contributed by atoms with Gasteiger partial charge in [0.25, 0.3) is 0 Å². The molecule has 5 nitrogen and oxygen atoms in total. The number of nitrogens with zero attached hydrogens (tertiary/aromatic N) is 1. The third-order valence-electron chi connectivity index (χ3n) is 2.89. The lowest BCUT2D eigenvalue weighted by Gasteiger charge is -2.27. The first-order valence-electron chi connectivity index (χ1n) is 6.01. The molecule has 0 bridgehead atoms. The van der Waals surface area contributed by atoms with E-state index in [2.05, 4.69) is 4.98 Å². The Balaban J connectivity index is 2.00. The van der Waals surface area contributed by atoms with Crippen LogP contribution in [0.1, 0.15) is 19.5 Å². The first-order chi connectivity index (χ1) is 9.40. The number of thioether (sulfide) groups is 1. The summed E-state index contributed by atoms with van der Waals surface area (Å²) in [5.74, 6) is 0.371. The fourth-order valence-corrected chi connectivity index (χ4v) is 3.37. The van der Waals surface area contributed by atoms with E-state index in [4.69, 9.17) is 15.3 Å². The van der Waals surface area contributed by atoms with Crippen molar-refractivity contribution in [2.24, 2.45) is 5.73 Å². The fraction of sp³-hybridized carbons (Fsp3) is 0.385. The molecule has 0 aliphatic carbocycles. The lowest BCUT2D eigenvalue weighted by Crippen LogP contribution is -2.46. The number of aliphatic carboxylic acids is 1. The van der Waals surface area contributed by atoms with Gasteiger partial charge in [-0.2, -0.15) is 0 Å². The maximum absolute atomic E-state index is 11.0. The van der Waals surface area contributed by atoms with Crippen LogP contribution in [-0.4, -0.2) is 26.8 Å². The number of rotatable bonds is 6. The molecule has 2 aromatic rings. The summed E-state index contributed by atoms with van der Waals surface area (Å²) in [6, 6.07) is 2.77. The van der Waals surface area contributed by atoms with E-state index >= 15 is 0 Å². The van der Waals surface area contributed by atoms with Gasteiger partial charge in [-0.25, -0.2) is 4.98 Å². The molecule has 3 N–H and O–H groups in total. The van der Waals surface area contributed by atoms with Crippen LogP contribution in [0.2, 0.25) is 0 Å². The van der Waals surface area contributed by atoms with E-state index in [-0.39, 0.29) is 0 Å². The normalized spacial score (nSPS) is 13.3. The summed E-state index contributed by atoms with van der Waals surface area (Å²) < 4.78 is 4.74. The molecule has 108 valence electrons. The van der Waals surface area contributed by atoms with Crippen molar-refractivity contribution in [3.05, 3.63) is 29.5 Å². The van der Waals surface area contributed by atoms with Crippen LogP contribution in [-0.2, 0) is 10.5 Å². The number of furan rings is 1. The summed E-state index contributed by atoms with van der Waals surface area (Å²) in [6.07, 6.45) is 1.61. The lowest BCUT2D eigenvalue weighted by molar-refractivity contribution is -0.139. The zero-order valence-electron chi connectivity index (χ0n) is 11.2. The largest absolute Gasteiger partial charge is 0.480 e. The number of carbonyl (C=O) groups is 1. The van der Waals surface area contributed by atoms with Gasteiger partial charge in [-0.3, -0.25) is 4.79 Å². The highest BCUT2D eigenvalue weighted by molar-refractivity contribution is 7.99. The quantitative estimate of drug-likeness (QED) is 0.852. The average Bonchev–Trinajstić information content (AvgIpc) is 3.05. The molecule has 1 atom stereocenters. The van der Waals surface area contributed by atoms with E-state index in [1.165, 1.54) is 23.1 Å². The summed E-state index contributed by atoms with van der Waals surface area (Å²) >= 11 is 2.99. The Morgan fingerprint density at radius 2 is 2.40 bits per heavy atom. The molecule has 0 aliphatic rings. The fourth-order valence-electron chi connectivity index (χ4n) is 1.53. The number of thiazole rings is 1. The van der Waals surface area contributed by atoms with Gasteiger partial charge in [0, 0.05) is 15.9 Å². The van der Waals surface area contributed by atoms with E-state index in [1.807, 2.05) is 31.4 Å². The van der Waals surface area contributed by atoms with Crippen molar-refractivity contribution in [1.29, 1.82) is 0 Å². The first-order valence-corrected chi connectivity index (χ1v) is 7.87. The highest BCUT2D eigenvalue weighted by atomic mass is 32.2. The van der Waals surface area contributed by atoms with Crippen LogP contribution in [0, 0.1) is 0 Å². The highest BCUT2D eigenvalue weighted by Gasteiger charge is 2.32. The molecule has 0 unspecified atom stereocenters. The van der Waals surface area contributed by atoms with Gasteiger partial charge in [-0.05, 0) is 26.0 Å². The molecular formula is C13H16N2O3S2. The molecule has 2 rings (SSSR count). The van der Waals surface area contributed by atoms with Crippen molar-refractivity contribution in [3.8, 4) is 10.8 Å². The smallest absolute Gasteiger partial charge is 0.321 e. The van der Waals surface area contributed by atoms with Crippen molar-refractivity contribution >= 4 is 29.1 Å². The van der Waals surface area contributed by atoms with Crippen molar-refractivity contribution in [3.63, 3.8) is 0 Å². The van der Waals surface area contributed by atoms with Crippen LogP contribution in [0.3, 0.4) is 0 Å². The maximum Gasteiger partial charge on any atom is 0.321 e. The number of nitrogens with two attached hydrogens (primary N) is 1. The second kappa shape index (κ2) is 5.99. The van der Waals surface area contributed by atoms with E-state index in [9.17, 15) is 4.79 Å². The van der Waals surface area contributed by atoms with Gasteiger partial charge < -0.3 is 15.3 Å². The van der Waals surface area contributed by atoms with Crippen molar-refractivity contribution < 1.29 is 14.3 Å². The zero-order valence-corrected chi connectivity index (χ0v) is 12.8. The minimum absolute atomic E-state index is 0.555. The summed E-state index contributed by atoms with van der Waals surface area (Å²) in [4.78, 5) is 15.4. The van der Waals surface area contributed by atoms with E-state index in [1.54, 1.807) is 6.26 Å². The predicted molar refractivity (Wildman–Crippen MR) is 80.8 cm³/mol. The number of aromatic nitrogens is 1. The van der Waals surface area contributed by atoms with Crippen LogP contribution in [0.5, 0.6) is 0 Å². The first kappa shape index (κ1) is 15.1. The van der Waals surface area contributed by atoms with Crippen LogP contribution >= 0.6 is 23.1 Å². The molecule has 0 fully saturated rings. The molecule has 7 heteroatoms. The van der Waals surface area contributed by atoms with Crippen molar-refractivity contribution in [2.75, 3.05) is 0 Å². The third kappa shape index (κ3) is 3.41. The van der Waals surface area contributed by atoms with E-state index in [0.717, 1.165) is 16.5 Å². The van der Waals surface area contributed by atoms with Crippen molar-refractivity contribution in [2.45, 2.75) is 30.4 Å². The average molecular weight is 312 g/mol. The molecule has 0 aliphatic heterocycles. The molecule has 0 saturated heterocycles. The van der Waals surface area contributed by atoms with Gasteiger partial charge >= 0.3 is 5.97 Å². The van der Waals surface area contributed by atoms with Gasteiger partial charge in [0.1, 0.15) is 6.04 Å². The Bertz CT molecular complexity index is 578. The Labute approximate surface area is 125 Å². The minimum Gasteiger partial charge on any atom is -0.480 e. The Kier molecular flexibility index (Phi) is 4.52. The summed E-state index contributed by atoms with van der Waals surface area (Å²) in [5, 5.41) is 11.8. The molecule has 0 saturated carbocycles. The van der Waals surface area contributed by atoms with Gasteiger partial charge in [-0.15, -0.1) is 23.1 Å². The van der Waals surface area contributed by atoms with E-state index in [0.29, 0.717) is 5.75 Å². The molecule has 0 aromatic carbocycles. The van der Waals surface area contributed by atoms with Crippen LogP contribution in [0.25, 0.3) is 10.8 Å². The van der Waals surface area contributed by atoms with Crippen LogP contribution in [0.4, 0.5) is 0 Å². The lowest BCUT2D eigenvalue weighted by atomic mass is 10.1. The standard InChI is InChI=1S/C13H16N2O3S2/c1-13(2,10(14)12(16)17)20-7-8-6-19-11(15-8)9-4-3-5-18-9/h3-6,10H,7,14H2,1-2H3,(H,16,17)/t10-/m1/s1. The Morgan fingerprint density at radius 1 is 1.65 bits per heavy atom. The van der Waals surface area contributed by atoms with Gasteiger partial charge in [0.05, 0.1) is 12.0 Å². The molecule has 0 spiro atoms. The third-order valence-corrected chi connectivity index (χ3v) is 5.23. The SMILES string of the molecule is CC(C)(SCc1csc(-c2ccco2)n1)[C@H](N)C(=O)O. The zero-order chi connectivity index (χ0) is 14.8. The molecule has 2 heterocycles. The Hall–Kier alpha value is -1.31. The van der Waals surface area contributed by atoms with Gasteiger partial charge in [-0.1, -0.05) is 0 Å².